The molecular weight excluding hydrogens is 298 g/mol. The van der Waals surface area contributed by atoms with E-state index in [-0.39, 0.29) is 11.4 Å². The molecule has 0 atom stereocenters. The van der Waals surface area contributed by atoms with Crippen LogP contribution in [0.1, 0.15) is 26.2 Å². The summed E-state index contributed by atoms with van der Waals surface area (Å²) in [4.78, 5) is 11.5. The summed E-state index contributed by atoms with van der Waals surface area (Å²) in [6.07, 6.45) is 3.08. The van der Waals surface area contributed by atoms with Gasteiger partial charge in [0.25, 0.3) is 0 Å². The highest BCUT2D eigenvalue weighted by atomic mass is 79.9. The second-order valence-corrected chi connectivity index (χ2v) is 4.79. The number of hydrogen-bond acceptors (Lipinski definition) is 1. The Morgan fingerprint density at radius 1 is 1.46 bits per heavy atom. The molecule has 4 heteroatoms. The van der Waals surface area contributed by atoms with Crippen LogP contribution >= 0.6 is 31.9 Å². The van der Waals surface area contributed by atoms with Crippen LogP contribution in [0.2, 0.25) is 0 Å². The molecule has 0 radical (unpaired) electrons. The Bertz CT molecular complexity index is 180. The lowest BCUT2D eigenvalue weighted by molar-refractivity contribution is -0.123. The molecule has 1 aliphatic carbocycles. The van der Waals surface area contributed by atoms with Crippen LogP contribution in [0.4, 0.5) is 0 Å². The van der Waals surface area contributed by atoms with Gasteiger partial charge in [0.05, 0.1) is 5.54 Å². The highest BCUT2D eigenvalue weighted by molar-refractivity contribution is 9.09. The Labute approximate surface area is 96.1 Å². The van der Waals surface area contributed by atoms with Crippen LogP contribution < -0.4 is 5.32 Å². The molecule has 0 unspecified atom stereocenters. The van der Waals surface area contributed by atoms with Gasteiger partial charge in [-0.3, -0.25) is 4.79 Å². The van der Waals surface area contributed by atoms with Gasteiger partial charge in [-0.1, -0.05) is 38.8 Å². The first-order chi connectivity index (χ1) is 6.17. The largest absolute Gasteiger partial charge is 0.349 e. The summed E-state index contributed by atoms with van der Waals surface area (Å²) in [5.41, 5.74) is -0.0975. The molecule has 2 nitrogen and oxygen atoms in total. The normalized spacial score (nSPS) is 17.2. The summed E-state index contributed by atoms with van der Waals surface area (Å²) in [5, 5.41) is 4.72. The SMILES string of the molecule is CCC(CBr)(CBr)NC(=O)C1CC1. The Balaban J connectivity index is 2.49. The lowest BCUT2D eigenvalue weighted by Gasteiger charge is -2.30. The minimum absolute atomic E-state index is 0.0975. The van der Waals surface area contributed by atoms with Gasteiger partial charge in [-0.25, -0.2) is 0 Å². The molecule has 0 aliphatic heterocycles. The molecule has 0 aromatic carbocycles. The number of hydrogen-bond donors (Lipinski definition) is 1. The number of halogens is 2. The van der Waals surface area contributed by atoms with Crippen LogP contribution in [-0.4, -0.2) is 22.1 Å². The van der Waals surface area contributed by atoms with Crippen LogP contribution in [0.5, 0.6) is 0 Å². The maximum atomic E-state index is 11.5. The Hall–Kier alpha value is 0.430. The van der Waals surface area contributed by atoms with Gasteiger partial charge in [0.1, 0.15) is 0 Å². The molecule has 13 heavy (non-hydrogen) atoms. The van der Waals surface area contributed by atoms with E-state index in [9.17, 15) is 4.79 Å². The maximum Gasteiger partial charge on any atom is 0.223 e. The molecule has 0 aromatic heterocycles. The fourth-order valence-electron chi connectivity index (χ4n) is 1.09. The van der Waals surface area contributed by atoms with Gasteiger partial charge >= 0.3 is 0 Å². The van der Waals surface area contributed by atoms with E-state index in [4.69, 9.17) is 0 Å². The molecule has 1 amide bonds. The van der Waals surface area contributed by atoms with Crippen LogP contribution in [0.3, 0.4) is 0 Å². The molecular formula is C9H15Br2NO. The second kappa shape index (κ2) is 4.78. The third-order valence-corrected chi connectivity index (χ3v) is 4.67. The summed E-state index contributed by atoms with van der Waals surface area (Å²) in [7, 11) is 0. The van der Waals surface area contributed by atoms with E-state index < -0.39 is 0 Å². The first-order valence-electron chi connectivity index (χ1n) is 4.61. The number of carbonyl (C=O) groups is 1. The van der Waals surface area contributed by atoms with Gasteiger partial charge in [-0.2, -0.15) is 0 Å². The van der Waals surface area contributed by atoms with Gasteiger partial charge in [0.15, 0.2) is 0 Å². The van der Waals surface area contributed by atoms with E-state index in [1.54, 1.807) is 0 Å². The average Bonchev–Trinajstić information content (AvgIpc) is 2.97. The van der Waals surface area contributed by atoms with Crippen LogP contribution in [0.15, 0.2) is 0 Å². The fraction of sp³-hybridized carbons (Fsp3) is 0.889. The number of amides is 1. The summed E-state index contributed by atoms with van der Waals surface area (Å²) in [5.74, 6) is 0.518. The topological polar surface area (TPSA) is 29.1 Å². The second-order valence-electron chi connectivity index (χ2n) is 3.66. The molecule has 1 fully saturated rings. The quantitative estimate of drug-likeness (QED) is 0.776. The van der Waals surface area contributed by atoms with Gasteiger partial charge in [-0.05, 0) is 19.3 Å². The Kier molecular flexibility index (Phi) is 4.23. The monoisotopic (exact) mass is 311 g/mol. The molecule has 1 N–H and O–H groups in total. The molecule has 0 saturated heterocycles. The van der Waals surface area contributed by atoms with E-state index in [0.29, 0.717) is 5.92 Å². The lowest BCUT2D eigenvalue weighted by atomic mass is 10.0. The van der Waals surface area contributed by atoms with Gasteiger partial charge in [-0.15, -0.1) is 0 Å². The van der Waals surface area contributed by atoms with Crippen molar-refractivity contribution in [2.75, 3.05) is 10.7 Å². The highest BCUT2D eigenvalue weighted by Crippen LogP contribution is 2.30. The standard InChI is InChI=1S/C9H15Br2NO/c1-2-9(5-10,6-11)12-8(13)7-3-4-7/h7H,2-6H2,1H3,(H,12,13). The van der Waals surface area contributed by atoms with E-state index in [1.807, 2.05) is 0 Å². The first kappa shape index (κ1) is 11.5. The zero-order valence-corrected chi connectivity index (χ0v) is 10.9. The van der Waals surface area contributed by atoms with Crippen molar-refractivity contribution in [3.05, 3.63) is 0 Å². The van der Waals surface area contributed by atoms with E-state index in [1.165, 1.54) is 0 Å². The van der Waals surface area contributed by atoms with Gasteiger partial charge in [0, 0.05) is 16.6 Å². The van der Waals surface area contributed by atoms with Crippen LogP contribution in [-0.2, 0) is 4.79 Å². The molecule has 0 heterocycles. The molecule has 1 rings (SSSR count). The van der Waals surface area contributed by atoms with Gasteiger partial charge in [0.2, 0.25) is 5.91 Å². The van der Waals surface area contributed by atoms with Crippen molar-refractivity contribution in [3.63, 3.8) is 0 Å². The highest BCUT2D eigenvalue weighted by Gasteiger charge is 2.35. The zero-order chi connectivity index (χ0) is 9.90. The average molecular weight is 313 g/mol. The van der Waals surface area contributed by atoms with Crippen molar-refractivity contribution >= 4 is 37.8 Å². The summed E-state index contributed by atoms with van der Waals surface area (Å²) < 4.78 is 0. The number of nitrogens with one attached hydrogen (secondary N) is 1. The number of rotatable bonds is 5. The molecule has 1 saturated carbocycles. The summed E-state index contributed by atoms with van der Waals surface area (Å²) in [6, 6.07) is 0. The first-order valence-corrected chi connectivity index (χ1v) is 6.85. The van der Waals surface area contributed by atoms with Crippen molar-refractivity contribution in [1.82, 2.24) is 5.32 Å². The van der Waals surface area contributed by atoms with Crippen molar-refractivity contribution in [3.8, 4) is 0 Å². The number of carbonyl (C=O) groups excluding carboxylic acids is 1. The molecule has 0 bridgehead atoms. The van der Waals surface area contributed by atoms with Crippen molar-refractivity contribution in [1.29, 1.82) is 0 Å². The predicted molar refractivity (Wildman–Crippen MR) is 61.5 cm³/mol. The number of alkyl halides is 2. The molecule has 76 valence electrons. The van der Waals surface area contributed by atoms with E-state index in [0.717, 1.165) is 29.9 Å². The lowest BCUT2D eigenvalue weighted by Crippen LogP contribution is -2.51. The van der Waals surface area contributed by atoms with Crippen molar-refractivity contribution in [2.45, 2.75) is 31.7 Å². The zero-order valence-electron chi connectivity index (χ0n) is 7.78. The van der Waals surface area contributed by atoms with Crippen LogP contribution in [0.25, 0.3) is 0 Å². The molecule has 0 aromatic rings. The van der Waals surface area contributed by atoms with Crippen molar-refractivity contribution in [2.24, 2.45) is 5.92 Å². The van der Waals surface area contributed by atoms with Gasteiger partial charge < -0.3 is 5.32 Å². The van der Waals surface area contributed by atoms with Crippen LogP contribution in [0, 0.1) is 5.92 Å². The molecule has 0 spiro atoms. The minimum Gasteiger partial charge on any atom is -0.349 e. The van der Waals surface area contributed by atoms with E-state index >= 15 is 0 Å². The summed E-state index contributed by atoms with van der Waals surface area (Å²) >= 11 is 6.89. The minimum atomic E-state index is -0.0975. The smallest absolute Gasteiger partial charge is 0.223 e. The molecule has 1 aliphatic rings. The predicted octanol–water partition coefficient (Wildman–Crippen LogP) is 2.45. The van der Waals surface area contributed by atoms with E-state index in [2.05, 4.69) is 44.1 Å². The van der Waals surface area contributed by atoms with Crippen molar-refractivity contribution < 1.29 is 4.79 Å². The Morgan fingerprint density at radius 3 is 2.31 bits per heavy atom. The Morgan fingerprint density at radius 2 is 2.00 bits per heavy atom. The fourth-order valence-corrected chi connectivity index (χ4v) is 3.09. The summed E-state index contributed by atoms with van der Waals surface area (Å²) in [6.45, 7) is 2.09. The maximum absolute atomic E-state index is 11.5. The third kappa shape index (κ3) is 2.94. The third-order valence-electron chi connectivity index (χ3n) is 2.52.